The van der Waals surface area contributed by atoms with Crippen LogP contribution in [-0.2, 0) is 16.4 Å². The van der Waals surface area contributed by atoms with Gasteiger partial charge in [0.25, 0.3) is 5.91 Å². The number of nitrogens with zero attached hydrogens (tertiary/aromatic N) is 3. The third-order valence-corrected chi connectivity index (χ3v) is 11.8. The quantitative estimate of drug-likeness (QED) is 0.139. The lowest BCUT2D eigenvalue weighted by Gasteiger charge is -2.30. The van der Waals surface area contributed by atoms with E-state index in [2.05, 4.69) is 4.98 Å². The van der Waals surface area contributed by atoms with Gasteiger partial charge in [-0.2, -0.15) is 4.31 Å². The molecule has 4 aromatic rings. The van der Waals surface area contributed by atoms with E-state index in [1.807, 2.05) is 61.4 Å². The number of carbonyl (C=O) groups excluding carboxylic acids is 2. The maximum Gasteiger partial charge on any atom is 0.254 e. The van der Waals surface area contributed by atoms with Gasteiger partial charge < -0.3 is 14.7 Å². The van der Waals surface area contributed by atoms with Crippen molar-refractivity contribution in [1.82, 2.24) is 14.2 Å². The van der Waals surface area contributed by atoms with Crippen LogP contribution in [0.4, 0.5) is 0 Å². The van der Waals surface area contributed by atoms with Gasteiger partial charge >= 0.3 is 0 Å². The van der Waals surface area contributed by atoms with Crippen LogP contribution in [0.2, 0.25) is 0 Å². The zero-order chi connectivity index (χ0) is 35.1. The van der Waals surface area contributed by atoms with Crippen LogP contribution >= 0.6 is 11.3 Å². The van der Waals surface area contributed by atoms with Crippen LogP contribution in [-0.4, -0.2) is 72.3 Å². The number of benzene rings is 3. The Bertz CT molecular complexity index is 1830. The highest BCUT2D eigenvalue weighted by atomic mass is 32.2. The Kier molecular flexibility index (Phi) is 12.0. The number of hydrogen-bond acceptors (Lipinski definition) is 8. The van der Waals surface area contributed by atoms with E-state index in [4.69, 9.17) is 4.74 Å². The number of rotatable bonds is 15. The van der Waals surface area contributed by atoms with E-state index in [1.165, 1.54) is 23.5 Å². The fraction of sp³-hybridized carbons (Fsp3) is 0.395. The molecule has 5 rings (SSSR count). The van der Waals surface area contributed by atoms with Crippen LogP contribution < -0.4 is 4.74 Å². The average Bonchev–Trinajstić information content (AvgIpc) is 3.77. The molecule has 1 aliphatic rings. The lowest BCUT2D eigenvalue weighted by Crippen LogP contribution is -2.43. The molecule has 1 amide bonds. The number of amides is 1. The number of aliphatic hydroxyl groups excluding tert-OH is 1. The molecule has 0 aliphatic carbocycles. The molecule has 3 atom stereocenters. The molecule has 1 aromatic heterocycles. The van der Waals surface area contributed by atoms with Gasteiger partial charge in [0.2, 0.25) is 10.0 Å². The van der Waals surface area contributed by atoms with E-state index in [-0.39, 0.29) is 48.1 Å². The number of aliphatic hydroxyl groups is 1. The van der Waals surface area contributed by atoms with Gasteiger partial charge in [-0.25, -0.2) is 13.4 Å². The minimum absolute atomic E-state index is 0.00969. The van der Waals surface area contributed by atoms with Crippen LogP contribution in [0.1, 0.15) is 76.1 Å². The summed E-state index contributed by atoms with van der Waals surface area (Å²) in [6, 6.07) is 22.4. The fourth-order valence-electron chi connectivity index (χ4n) is 6.33. The van der Waals surface area contributed by atoms with E-state index in [1.54, 1.807) is 47.7 Å². The van der Waals surface area contributed by atoms with Gasteiger partial charge in [-0.3, -0.25) is 9.59 Å². The number of hydrogen-bond donors (Lipinski definition) is 1. The second-order valence-corrected chi connectivity index (χ2v) is 15.9. The number of ketones is 1. The molecule has 3 aromatic carbocycles. The summed E-state index contributed by atoms with van der Waals surface area (Å²) in [6.07, 6.45) is 0.921. The number of Topliss-reactive ketones (excluding diaryl/α,β-unsaturated/α-hetero) is 1. The molecule has 260 valence electrons. The molecule has 1 saturated heterocycles. The summed E-state index contributed by atoms with van der Waals surface area (Å²) in [5, 5.41) is 14.6. The minimum Gasteiger partial charge on any atom is -0.497 e. The van der Waals surface area contributed by atoms with Gasteiger partial charge in [0.1, 0.15) is 10.8 Å². The highest BCUT2D eigenvalue weighted by Crippen LogP contribution is 2.35. The molecule has 1 N–H and O–H groups in total. The Labute approximate surface area is 293 Å². The van der Waals surface area contributed by atoms with Gasteiger partial charge in [-0.15, -0.1) is 11.3 Å². The number of thiazole rings is 1. The molecule has 0 unspecified atom stereocenters. The summed E-state index contributed by atoms with van der Waals surface area (Å²) in [6.45, 7) is 6.43. The fourth-order valence-corrected chi connectivity index (χ4v) is 8.90. The summed E-state index contributed by atoms with van der Waals surface area (Å²) in [5.74, 6) is -0.428. The topological polar surface area (TPSA) is 117 Å². The highest BCUT2D eigenvalue weighted by Gasteiger charge is 2.34. The Morgan fingerprint density at radius 3 is 2.39 bits per heavy atom. The molecule has 0 radical (unpaired) electrons. The maximum absolute atomic E-state index is 13.9. The maximum atomic E-state index is 13.9. The van der Waals surface area contributed by atoms with Crippen molar-refractivity contribution in [2.75, 3.05) is 26.7 Å². The molecular weight excluding hydrogens is 659 g/mol. The van der Waals surface area contributed by atoms with Gasteiger partial charge in [0, 0.05) is 48.3 Å². The first-order valence-corrected chi connectivity index (χ1v) is 19.0. The van der Waals surface area contributed by atoms with Crippen molar-refractivity contribution in [1.29, 1.82) is 0 Å². The summed E-state index contributed by atoms with van der Waals surface area (Å²) in [4.78, 5) is 34.2. The lowest BCUT2D eigenvalue weighted by atomic mass is 9.87. The smallest absolute Gasteiger partial charge is 0.254 e. The number of ether oxygens (including phenoxy) is 1. The molecule has 0 spiro atoms. The molecule has 0 bridgehead atoms. The van der Waals surface area contributed by atoms with Crippen molar-refractivity contribution in [2.24, 2.45) is 11.8 Å². The molecule has 0 saturated carbocycles. The Hall–Kier alpha value is -3.90. The number of aryl methyl sites for hydroxylation is 1. The van der Waals surface area contributed by atoms with E-state index in [0.717, 1.165) is 29.1 Å². The van der Waals surface area contributed by atoms with Crippen LogP contribution in [0, 0.1) is 18.8 Å². The Morgan fingerprint density at radius 1 is 1.02 bits per heavy atom. The second-order valence-electron chi connectivity index (χ2n) is 13.1. The minimum atomic E-state index is -3.96. The monoisotopic (exact) mass is 703 g/mol. The van der Waals surface area contributed by atoms with E-state index in [0.29, 0.717) is 29.8 Å². The summed E-state index contributed by atoms with van der Waals surface area (Å²) < 4.78 is 34.1. The van der Waals surface area contributed by atoms with Crippen molar-refractivity contribution in [3.63, 3.8) is 0 Å². The second kappa shape index (κ2) is 16.2. The zero-order valence-electron chi connectivity index (χ0n) is 28.5. The first-order chi connectivity index (χ1) is 23.5. The third kappa shape index (κ3) is 9.02. The van der Waals surface area contributed by atoms with Crippen LogP contribution in [0.15, 0.2) is 89.1 Å². The van der Waals surface area contributed by atoms with Gasteiger partial charge in [0.05, 0.1) is 24.2 Å². The average molecular weight is 704 g/mol. The van der Waals surface area contributed by atoms with Gasteiger partial charge in [0.15, 0.2) is 5.78 Å². The van der Waals surface area contributed by atoms with Crippen molar-refractivity contribution in [2.45, 2.75) is 63.5 Å². The molecule has 11 heteroatoms. The van der Waals surface area contributed by atoms with E-state index >= 15 is 0 Å². The molecule has 49 heavy (non-hydrogen) atoms. The highest BCUT2D eigenvalue weighted by molar-refractivity contribution is 7.89. The first kappa shape index (κ1) is 36.4. The molecule has 9 nitrogen and oxygen atoms in total. The van der Waals surface area contributed by atoms with Crippen LogP contribution in [0.3, 0.4) is 0 Å². The number of sulfonamides is 1. The van der Waals surface area contributed by atoms with Gasteiger partial charge in [-0.05, 0) is 80.0 Å². The lowest BCUT2D eigenvalue weighted by molar-refractivity contribution is 0.0689. The SMILES string of the molecule is COc1ccc(S(=O)(=O)N(CC(C)C)C[C@@H](O)[C@@H](CC(=O)c2cccc(C(=O)N3CCC[C@@H]3c3nc(C)cs3)c2)Cc2ccccc2)cc1. The third-order valence-electron chi connectivity index (χ3n) is 8.86. The summed E-state index contributed by atoms with van der Waals surface area (Å²) in [7, 11) is -2.45. The predicted molar refractivity (Wildman–Crippen MR) is 191 cm³/mol. The standard InChI is InChI=1S/C38H45N3O6S2/c1-26(2)23-40(49(45,46)33-17-15-32(47-4)16-18-33)24-36(43)31(20-28-10-6-5-7-11-28)22-35(42)29-12-8-13-30(21-29)38(44)41-19-9-14-34(41)37-39-27(3)25-48-37/h5-8,10-13,15-18,21,25-26,31,34,36,43H,9,14,19-20,22-24H2,1-4H3/t31-,34-,36-/m1/s1. The predicted octanol–water partition coefficient (Wildman–Crippen LogP) is 6.58. The number of likely N-dealkylation sites (tertiary alicyclic amines) is 1. The van der Waals surface area contributed by atoms with Crippen LogP contribution in [0.25, 0.3) is 0 Å². The van der Waals surface area contributed by atoms with E-state index in [9.17, 15) is 23.1 Å². The number of aromatic nitrogens is 1. The van der Waals surface area contributed by atoms with E-state index < -0.39 is 22.0 Å². The molecular formula is C38H45N3O6S2. The number of carbonyl (C=O) groups is 2. The Morgan fingerprint density at radius 2 is 1.73 bits per heavy atom. The molecule has 1 aliphatic heterocycles. The van der Waals surface area contributed by atoms with Crippen molar-refractivity contribution in [3.8, 4) is 5.75 Å². The number of methoxy groups -OCH3 is 1. The van der Waals surface area contributed by atoms with Gasteiger partial charge in [-0.1, -0.05) is 56.3 Å². The van der Waals surface area contributed by atoms with Crippen molar-refractivity contribution < 1.29 is 27.9 Å². The zero-order valence-corrected chi connectivity index (χ0v) is 30.1. The normalized spacial score (nSPS) is 16.2. The first-order valence-electron chi connectivity index (χ1n) is 16.7. The largest absolute Gasteiger partial charge is 0.497 e. The summed E-state index contributed by atoms with van der Waals surface area (Å²) in [5.41, 5.74) is 2.67. The van der Waals surface area contributed by atoms with Crippen molar-refractivity contribution in [3.05, 3.63) is 112 Å². The van der Waals surface area contributed by atoms with Crippen LogP contribution in [0.5, 0.6) is 5.75 Å². The summed E-state index contributed by atoms with van der Waals surface area (Å²) >= 11 is 1.56. The Balaban J connectivity index is 1.37. The molecule has 1 fully saturated rings. The molecule has 2 heterocycles. The van der Waals surface area contributed by atoms with Crippen molar-refractivity contribution >= 4 is 33.1 Å².